The van der Waals surface area contributed by atoms with Gasteiger partial charge in [0, 0.05) is 0 Å². The molecule has 4 heteroatoms. The zero-order valence-corrected chi connectivity index (χ0v) is 14.8. The summed E-state index contributed by atoms with van der Waals surface area (Å²) in [6, 6.07) is 11.8. The summed E-state index contributed by atoms with van der Waals surface area (Å²) in [5.41, 5.74) is 8.74. The second-order valence-corrected chi connectivity index (χ2v) is 6.72. The van der Waals surface area contributed by atoms with E-state index in [-0.39, 0.29) is 5.91 Å². The van der Waals surface area contributed by atoms with Crippen molar-refractivity contribution in [3.05, 3.63) is 69.2 Å². The first kappa shape index (κ1) is 16.7. The third kappa shape index (κ3) is 3.68. The molecule has 1 aliphatic carbocycles. The Bertz CT molecular complexity index is 811. The van der Waals surface area contributed by atoms with E-state index in [1.54, 1.807) is 12.1 Å². The normalized spacial score (nSPS) is 14.2. The quantitative estimate of drug-likeness (QED) is 0.639. The number of rotatable bonds is 3. The van der Waals surface area contributed by atoms with Gasteiger partial charge in [-0.3, -0.25) is 4.79 Å². The summed E-state index contributed by atoms with van der Waals surface area (Å²) in [5.74, 6) is -0.294. The minimum absolute atomic E-state index is 0.294. The molecular formula is C20H21ClN2O. The lowest BCUT2D eigenvalue weighted by Gasteiger charge is -2.16. The lowest BCUT2D eigenvalue weighted by atomic mass is 9.90. The molecular weight excluding hydrogens is 320 g/mol. The number of hydrogen-bond acceptors (Lipinski definition) is 2. The Morgan fingerprint density at radius 1 is 1.08 bits per heavy atom. The van der Waals surface area contributed by atoms with Crippen LogP contribution >= 0.6 is 11.6 Å². The molecule has 0 radical (unpaired) electrons. The summed E-state index contributed by atoms with van der Waals surface area (Å²) in [7, 11) is 0. The summed E-state index contributed by atoms with van der Waals surface area (Å²) in [6.07, 6.45) is 4.80. The number of aryl methyl sites for hydroxylation is 3. The molecule has 2 aromatic rings. The molecule has 1 aliphatic rings. The first-order valence-corrected chi connectivity index (χ1v) is 8.65. The van der Waals surface area contributed by atoms with E-state index in [0.717, 1.165) is 29.7 Å². The first-order chi connectivity index (χ1) is 11.5. The predicted octanol–water partition coefficient (Wildman–Crippen LogP) is 4.68. The van der Waals surface area contributed by atoms with Crippen LogP contribution in [0.25, 0.3) is 0 Å². The van der Waals surface area contributed by atoms with E-state index < -0.39 is 0 Å². The SMILES string of the molecule is C/C(=N/NC(=O)c1ccc(C)cc1Cl)c1ccc2c(c1)CCCC2. The number of nitrogens with one attached hydrogen (secondary N) is 1. The van der Waals surface area contributed by atoms with Crippen LogP contribution in [0.15, 0.2) is 41.5 Å². The molecule has 24 heavy (non-hydrogen) atoms. The van der Waals surface area contributed by atoms with Crippen LogP contribution in [0.3, 0.4) is 0 Å². The highest BCUT2D eigenvalue weighted by Gasteiger charge is 2.12. The van der Waals surface area contributed by atoms with E-state index in [4.69, 9.17) is 11.6 Å². The van der Waals surface area contributed by atoms with Crippen molar-refractivity contribution < 1.29 is 4.79 Å². The summed E-state index contributed by atoms with van der Waals surface area (Å²) in [6.45, 7) is 3.84. The van der Waals surface area contributed by atoms with Gasteiger partial charge in [0.15, 0.2) is 0 Å². The van der Waals surface area contributed by atoms with Gasteiger partial charge in [-0.05, 0) is 80.0 Å². The van der Waals surface area contributed by atoms with E-state index in [9.17, 15) is 4.79 Å². The Labute approximate surface area is 147 Å². The van der Waals surface area contributed by atoms with Gasteiger partial charge < -0.3 is 0 Å². The van der Waals surface area contributed by atoms with E-state index in [1.165, 1.54) is 24.0 Å². The third-order valence-electron chi connectivity index (χ3n) is 4.46. The summed E-state index contributed by atoms with van der Waals surface area (Å²) in [4.78, 5) is 12.2. The Morgan fingerprint density at radius 3 is 2.58 bits per heavy atom. The minimum Gasteiger partial charge on any atom is -0.267 e. The number of halogens is 1. The van der Waals surface area contributed by atoms with Crippen LogP contribution in [-0.4, -0.2) is 11.6 Å². The fourth-order valence-corrected chi connectivity index (χ4v) is 3.34. The number of carbonyl (C=O) groups excluding carboxylic acids is 1. The van der Waals surface area contributed by atoms with Gasteiger partial charge >= 0.3 is 0 Å². The molecule has 0 bridgehead atoms. The smallest absolute Gasteiger partial charge is 0.267 e. The van der Waals surface area contributed by atoms with Gasteiger partial charge in [0.05, 0.1) is 16.3 Å². The van der Waals surface area contributed by atoms with Crippen LogP contribution in [0.4, 0.5) is 0 Å². The number of hydrazone groups is 1. The Hall–Kier alpha value is -2.13. The molecule has 1 N–H and O–H groups in total. The summed E-state index contributed by atoms with van der Waals surface area (Å²) < 4.78 is 0. The molecule has 0 aromatic heterocycles. The van der Waals surface area contributed by atoms with Crippen molar-refractivity contribution in [1.82, 2.24) is 5.43 Å². The zero-order valence-electron chi connectivity index (χ0n) is 14.0. The number of fused-ring (bicyclic) bond motifs is 1. The van der Waals surface area contributed by atoms with Crippen LogP contribution in [0, 0.1) is 6.92 Å². The van der Waals surface area contributed by atoms with Crippen LogP contribution in [0.1, 0.15) is 52.4 Å². The molecule has 2 aromatic carbocycles. The number of benzene rings is 2. The van der Waals surface area contributed by atoms with Gasteiger partial charge in [0.2, 0.25) is 0 Å². The standard InChI is InChI=1S/C20H21ClN2O/c1-13-7-10-18(19(21)11-13)20(24)23-22-14(2)16-9-8-15-5-3-4-6-17(15)12-16/h7-12H,3-6H2,1-2H3,(H,23,24)/b22-14-. The van der Waals surface area contributed by atoms with Gasteiger partial charge in [-0.2, -0.15) is 5.10 Å². The number of nitrogens with zero attached hydrogens (tertiary/aromatic N) is 1. The average molecular weight is 341 g/mol. The van der Waals surface area contributed by atoms with Gasteiger partial charge in [-0.15, -0.1) is 0 Å². The second kappa shape index (κ2) is 7.18. The van der Waals surface area contributed by atoms with Crippen LogP contribution < -0.4 is 5.43 Å². The molecule has 0 spiro atoms. The molecule has 0 saturated carbocycles. The molecule has 0 heterocycles. The van der Waals surface area contributed by atoms with Gasteiger partial charge in [0.1, 0.15) is 0 Å². The molecule has 0 aliphatic heterocycles. The number of hydrogen-bond donors (Lipinski definition) is 1. The zero-order chi connectivity index (χ0) is 17.1. The monoisotopic (exact) mass is 340 g/mol. The van der Waals surface area contributed by atoms with Crippen molar-refractivity contribution in [3.8, 4) is 0 Å². The highest BCUT2D eigenvalue weighted by atomic mass is 35.5. The Balaban J connectivity index is 1.75. The fourth-order valence-electron chi connectivity index (χ4n) is 3.02. The van der Waals surface area contributed by atoms with E-state index in [1.807, 2.05) is 19.9 Å². The molecule has 0 fully saturated rings. The van der Waals surface area contributed by atoms with Gasteiger partial charge in [-0.1, -0.05) is 29.8 Å². The highest BCUT2D eigenvalue weighted by molar-refractivity contribution is 6.33. The highest BCUT2D eigenvalue weighted by Crippen LogP contribution is 2.22. The van der Waals surface area contributed by atoms with E-state index in [2.05, 4.69) is 28.7 Å². The number of amides is 1. The van der Waals surface area contributed by atoms with Crippen molar-refractivity contribution in [2.75, 3.05) is 0 Å². The summed E-state index contributed by atoms with van der Waals surface area (Å²) >= 11 is 6.13. The van der Waals surface area contributed by atoms with E-state index >= 15 is 0 Å². The Kier molecular flexibility index (Phi) is 5.00. The maximum Gasteiger partial charge on any atom is 0.272 e. The van der Waals surface area contributed by atoms with Crippen molar-refractivity contribution in [1.29, 1.82) is 0 Å². The van der Waals surface area contributed by atoms with E-state index in [0.29, 0.717) is 10.6 Å². The fraction of sp³-hybridized carbons (Fsp3) is 0.300. The van der Waals surface area contributed by atoms with Crippen LogP contribution in [0.2, 0.25) is 5.02 Å². The lowest BCUT2D eigenvalue weighted by Crippen LogP contribution is -2.20. The average Bonchev–Trinajstić information content (AvgIpc) is 2.59. The molecule has 1 amide bonds. The number of carbonyl (C=O) groups is 1. The molecule has 0 unspecified atom stereocenters. The lowest BCUT2D eigenvalue weighted by molar-refractivity contribution is 0.0955. The third-order valence-corrected chi connectivity index (χ3v) is 4.77. The van der Waals surface area contributed by atoms with Crippen LogP contribution in [-0.2, 0) is 12.8 Å². The topological polar surface area (TPSA) is 41.5 Å². The molecule has 124 valence electrons. The maximum atomic E-state index is 12.2. The maximum absolute atomic E-state index is 12.2. The molecule has 0 atom stereocenters. The van der Waals surface area contributed by atoms with Crippen LogP contribution in [0.5, 0.6) is 0 Å². The molecule has 0 saturated heterocycles. The Morgan fingerprint density at radius 2 is 1.83 bits per heavy atom. The van der Waals surface area contributed by atoms with Gasteiger partial charge in [0.25, 0.3) is 5.91 Å². The minimum atomic E-state index is -0.294. The van der Waals surface area contributed by atoms with Crippen molar-refractivity contribution >= 4 is 23.2 Å². The second-order valence-electron chi connectivity index (χ2n) is 6.31. The van der Waals surface area contributed by atoms with Crippen molar-refractivity contribution in [2.45, 2.75) is 39.5 Å². The largest absolute Gasteiger partial charge is 0.272 e. The predicted molar refractivity (Wildman–Crippen MR) is 99.0 cm³/mol. The van der Waals surface area contributed by atoms with Crippen molar-refractivity contribution in [3.63, 3.8) is 0 Å². The van der Waals surface area contributed by atoms with Crippen molar-refractivity contribution in [2.24, 2.45) is 5.10 Å². The molecule has 3 nitrogen and oxygen atoms in total. The molecule has 3 rings (SSSR count). The first-order valence-electron chi connectivity index (χ1n) is 8.27. The summed E-state index contributed by atoms with van der Waals surface area (Å²) in [5, 5.41) is 4.68. The van der Waals surface area contributed by atoms with Gasteiger partial charge in [-0.25, -0.2) is 5.43 Å².